The van der Waals surface area contributed by atoms with Crippen LogP contribution in [0.15, 0.2) is 23.8 Å². The normalized spacial score (nSPS) is 18.2. The summed E-state index contributed by atoms with van der Waals surface area (Å²) in [4.78, 5) is 0. The van der Waals surface area contributed by atoms with Crippen molar-refractivity contribution < 1.29 is 15.3 Å². The lowest BCUT2D eigenvalue weighted by atomic mass is 10.1. The molecule has 0 bridgehead atoms. The Morgan fingerprint density at radius 3 is 2.33 bits per heavy atom. The van der Waals surface area contributed by atoms with Gasteiger partial charge in [-0.15, -0.1) is 0 Å². The van der Waals surface area contributed by atoms with Crippen LogP contribution in [0.4, 0.5) is 0 Å². The van der Waals surface area contributed by atoms with E-state index in [9.17, 15) is 5.11 Å². The largest absolute Gasteiger partial charge is 0.392 e. The molecular weight excluding hydrogens is 156 g/mol. The van der Waals surface area contributed by atoms with Gasteiger partial charge in [-0.1, -0.05) is 18.2 Å². The van der Waals surface area contributed by atoms with Gasteiger partial charge in [0.2, 0.25) is 0 Å². The fourth-order valence-corrected chi connectivity index (χ4v) is 0.774. The third kappa shape index (κ3) is 3.67. The van der Waals surface area contributed by atoms with E-state index < -0.39 is 12.2 Å². The first kappa shape index (κ1) is 11.4. The van der Waals surface area contributed by atoms with E-state index in [-0.39, 0.29) is 6.61 Å². The minimum absolute atomic E-state index is 0.240. The number of hydrogen-bond donors (Lipinski definition) is 3. The molecule has 2 unspecified atom stereocenters. The second-order valence-corrected chi connectivity index (χ2v) is 2.61. The van der Waals surface area contributed by atoms with E-state index in [1.54, 1.807) is 18.2 Å². The van der Waals surface area contributed by atoms with Crippen molar-refractivity contribution in [2.75, 3.05) is 6.61 Å². The first-order valence-corrected chi connectivity index (χ1v) is 3.92. The van der Waals surface area contributed by atoms with Crippen LogP contribution in [0, 0.1) is 0 Å². The standard InChI is InChI=1S/C9H16O3/c1-3-4-5-8(6-10)9(12)7(2)11/h3-5,7,9-12H,6H2,1-2H3/b4-3+,8-5+. The highest BCUT2D eigenvalue weighted by atomic mass is 16.3. The van der Waals surface area contributed by atoms with Gasteiger partial charge in [-0.25, -0.2) is 0 Å². The molecule has 0 aromatic rings. The highest BCUT2D eigenvalue weighted by Gasteiger charge is 2.14. The Morgan fingerprint density at radius 1 is 1.42 bits per heavy atom. The van der Waals surface area contributed by atoms with Gasteiger partial charge in [0, 0.05) is 0 Å². The van der Waals surface area contributed by atoms with Gasteiger partial charge in [0.05, 0.1) is 12.7 Å². The molecule has 0 fully saturated rings. The molecule has 0 heterocycles. The summed E-state index contributed by atoms with van der Waals surface area (Å²) in [6.45, 7) is 3.07. The lowest BCUT2D eigenvalue weighted by Gasteiger charge is -2.15. The van der Waals surface area contributed by atoms with Crippen molar-refractivity contribution in [1.82, 2.24) is 0 Å². The average molecular weight is 172 g/mol. The summed E-state index contributed by atoms with van der Waals surface area (Å²) in [6.07, 6.45) is 3.25. The molecule has 70 valence electrons. The summed E-state index contributed by atoms with van der Waals surface area (Å²) in [5, 5.41) is 27.1. The molecule has 0 amide bonds. The molecule has 0 spiro atoms. The van der Waals surface area contributed by atoms with E-state index in [1.165, 1.54) is 6.92 Å². The van der Waals surface area contributed by atoms with Gasteiger partial charge in [0.25, 0.3) is 0 Å². The molecule has 0 aliphatic carbocycles. The van der Waals surface area contributed by atoms with E-state index in [0.717, 1.165) is 0 Å². The Balaban J connectivity index is 4.33. The van der Waals surface area contributed by atoms with Crippen molar-refractivity contribution in [2.24, 2.45) is 0 Å². The van der Waals surface area contributed by atoms with Crippen molar-refractivity contribution in [3.8, 4) is 0 Å². The maximum Gasteiger partial charge on any atom is 0.103 e. The predicted molar refractivity (Wildman–Crippen MR) is 47.7 cm³/mol. The lowest BCUT2D eigenvalue weighted by Crippen LogP contribution is -2.26. The van der Waals surface area contributed by atoms with Crippen LogP contribution in [0.2, 0.25) is 0 Å². The van der Waals surface area contributed by atoms with E-state index in [0.29, 0.717) is 5.57 Å². The summed E-state index contributed by atoms with van der Waals surface area (Å²) < 4.78 is 0. The predicted octanol–water partition coefficient (Wildman–Crippen LogP) is 0.223. The molecule has 2 atom stereocenters. The molecule has 0 aliphatic rings. The number of aliphatic hydroxyl groups is 3. The zero-order valence-electron chi connectivity index (χ0n) is 7.44. The zero-order valence-corrected chi connectivity index (χ0v) is 7.44. The number of hydrogen-bond acceptors (Lipinski definition) is 3. The van der Waals surface area contributed by atoms with E-state index in [4.69, 9.17) is 10.2 Å². The first-order valence-electron chi connectivity index (χ1n) is 3.92. The van der Waals surface area contributed by atoms with Crippen molar-refractivity contribution in [1.29, 1.82) is 0 Å². The summed E-state index contributed by atoms with van der Waals surface area (Å²) >= 11 is 0. The fraction of sp³-hybridized carbons (Fsp3) is 0.556. The SMILES string of the molecule is C/C=C/C=C(\CO)C(O)C(C)O. The Labute approximate surface area is 72.7 Å². The van der Waals surface area contributed by atoms with Crippen LogP contribution < -0.4 is 0 Å². The minimum Gasteiger partial charge on any atom is -0.392 e. The molecule has 0 aromatic carbocycles. The van der Waals surface area contributed by atoms with Gasteiger partial charge >= 0.3 is 0 Å². The van der Waals surface area contributed by atoms with Crippen molar-refractivity contribution >= 4 is 0 Å². The molecule has 0 radical (unpaired) electrons. The lowest BCUT2D eigenvalue weighted by molar-refractivity contribution is 0.0479. The summed E-state index contributed by atoms with van der Waals surface area (Å²) in [7, 11) is 0. The van der Waals surface area contributed by atoms with Crippen LogP contribution in [0.3, 0.4) is 0 Å². The third-order valence-electron chi connectivity index (χ3n) is 1.52. The van der Waals surface area contributed by atoms with Crippen LogP contribution >= 0.6 is 0 Å². The van der Waals surface area contributed by atoms with Crippen molar-refractivity contribution in [3.05, 3.63) is 23.8 Å². The smallest absolute Gasteiger partial charge is 0.103 e. The van der Waals surface area contributed by atoms with E-state index >= 15 is 0 Å². The van der Waals surface area contributed by atoms with Gasteiger partial charge < -0.3 is 15.3 Å². The van der Waals surface area contributed by atoms with Gasteiger partial charge in [-0.3, -0.25) is 0 Å². The first-order chi connectivity index (χ1) is 5.63. The van der Waals surface area contributed by atoms with Gasteiger partial charge in [0.15, 0.2) is 0 Å². The van der Waals surface area contributed by atoms with Crippen LogP contribution in [0.5, 0.6) is 0 Å². The van der Waals surface area contributed by atoms with E-state index in [2.05, 4.69) is 0 Å². The third-order valence-corrected chi connectivity index (χ3v) is 1.52. The highest BCUT2D eigenvalue weighted by molar-refractivity contribution is 5.17. The fourth-order valence-electron chi connectivity index (χ4n) is 0.774. The second-order valence-electron chi connectivity index (χ2n) is 2.61. The van der Waals surface area contributed by atoms with Gasteiger partial charge in [-0.05, 0) is 19.4 Å². The molecular formula is C9H16O3. The van der Waals surface area contributed by atoms with Crippen LogP contribution in [-0.4, -0.2) is 34.1 Å². The Bertz CT molecular complexity index is 171. The maximum atomic E-state index is 9.30. The zero-order chi connectivity index (χ0) is 9.56. The van der Waals surface area contributed by atoms with Gasteiger partial charge in [-0.2, -0.15) is 0 Å². The summed E-state index contributed by atoms with van der Waals surface area (Å²) in [5.74, 6) is 0. The molecule has 0 saturated carbocycles. The van der Waals surface area contributed by atoms with E-state index in [1.807, 2.05) is 6.92 Å². The molecule has 0 rings (SSSR count). The van der Waals surface area contributed by atoms with Crippen molar-refractivity contribution in [3.63, 3.8) is 0 Å². The molecule has 0 aliphatic heterocycles. The molecule has 3 N–H and O–H groups in total. The van der Waals surface area contributed by atoms with Crippen LogP contribution in [0.25, 0.3) is 0 Å². The average Bonchev–Trinajstić information content (AvgIpc) is 2.05. The molecule has 3 heteroatoms. The van der Waals surface area contributed by atoms with Crippen molar-refractivity contribution in [2.45, 2.75) is 26.1 Å². The highest BCUT2D eigenvalue weighted by Crippen LogP contribution is 2.06. The summed E-state index contributed by atoms with van der Waals surface area (Å²) in [6, 6.07) is 0. The molecule has 0 saturated heterocycles. The monoisotopic (exact) mass is 172 g/mol. The Kier molecular flexibility index (Phi) is 5.62. The molecule has 3 nitrogen and oxygen atoms in total. The Hall–Kier alpha value is -0.640. The summed E-state index contributed by atoms with van der Waals surface area (Å²) in [5.41, 5.74) is 0.420. The van der Waals surface area contributed by atoms with Gasteiger partial charge in [0.1, 0.15) is 6.10 Å². The molecule has 12 heavy (non-hydrogen) atoms. The topological polar surface area (TPSA) is 60.7 Å². The van der Waals surface area contributed by atoms with Crippen LogP contribution in [0.1, 0.15) is 13.8 Å². The second kappa shape index (κ2) is 5.94. The maximum absolute atomic E-state index is 9.30. The number of aliphatic hydroxyl groups excluding tert-OH is 3. The number of rotatable bonds is 4. The van der Waals surface area contributed by atoms with Crippen LogP contribution in [-0.2, 0) is 0 Å². The number of allylic oxidation sites excluding steroid dienone is 3. The minimum atomic E-state index is -0.980. The Morgan fingerprint density at radius 2 is 2.00 bits per heavy atom. The quantitative estimate of drug-likeness (QED) is 0.532. The molecule has 0 aromatic heterocycles.